The third kappa shape index (κ3) is 32.7. The first-order valence-corrected chi connectivity index (χ1v) is 10.8. The molecular weight excluding hydrogens is 342 g/mol. The third-order valence-electron chi connectivity index (χ3n) is 4.27. The fraction of sp³-hybridized carbons (Fsp3) is 0.818. The molecule has 0 amide bonds. The van der Waals surface area contributed by atoms with Crippen LogP contribution in [-0.2, 0) is 9.59 Å². The lowest BCUT2D eigenvalue weighted by Gasteiger charge is -1.99. The molecule has 0 aliphatic carbocycles. The molecule has 5 nitrogen and oxygen atoms in total. The minimum absolute atomic E-state index is 0.296. The minimum Gasteiger partial charge on any atom is -0.481 e. The highest BCUT2D eigenvalue weighted by Gasteiger charge is 2.00. The molecular formula is C22H43NO4. The first kappa shape index (κ1) is 27.9. The molecule has 0 radical (unpaired) electrons. The Balaban J connectivity index is 0. The van der Waals surface area contributed by atoms with E-state index in [1.165, 1.54) is 89.9 Å². The Bertz CT molecular complexity index is 342. The van der Waals surface area contributed by atoms with Gasteiger partial charge in [0.15, 0.2) is 0 Å². The van der Waals surface area contributed by atoms with Crippen molar-refractivity contribution in [1.82, 2.24) is 0 Å². The number of carbonyl (C=O) groups is 2. The van der Waals surface area contributed by atoms with E-state index < -0.39 is 11.9 Å². The first-order valence-electron chi connectivity index (χ1n) is 10.8. The predicted octanol–water partition coefficient (Wildman–Crippen LogP) is 5.92. The third-order valence-corrected chi connectivity index (χ3v) is 4.27. The number of carboxylic acids is 2. The van der Waals surface area contributed by atoms with Gasteiger partial charge in [0.05, 0.1) is 12.8 Å². The second-order valence-electron chi connectivity index (χ2n) is 7.01. The number of nitrogens with two attached hydrogens (primary N) is 1. The van der Waals surface area contributed by atoms with Gasteiger partial charge in [-0.2, -0.15) is 0 Å². The van der Waals surface area contributed by atoms with Crippen LogP contribution in [0.4, 0.5) is 0 Å². The highest BCUT2D eigenvalue weighted by Crippen LogP contribution is 2.09. The number of unbranched alkanes of at least 4 members (excludes halogenated alkanes) is 12. The fourth-order valence-electron chi connectivity index (χ4n) is 2.61. The highest BCUT2D eigenvalue weighted by atomic mass is 16.4. The SMILES string of the molecule is CCCCCCCCC=CCCCCCCCCN.O=C(O)CCC(=O)O. The molecule has 5 heteroatoms. The quantitative estimate of drug-likeness (QED) is 0.201. The van der Waals surface area contributed by atoms with Gasteiger partial charge in [0.2, 0.25) is 0 Å². The van der Waals surface area contributed by atoms with E-state index in [2.05, 4.69) is 19.1 Å². The van der Waals surface area contributed by atoms with Gasteiger partial charge < -0.3 is 15.9 Å². The molecule has 4 N–H and O–H groups in total. The first-order chi connectivity index (χ1) is 13.0. The standard InChI is InChI=1S/C18H37N.C4H6O4/c1-2-3-4-5-6-7-8-9-10-11-12-13-14-15-16-17-18-19;5-3(6)1-2-4(7)8/h9-10H,2-8,11-19H2,1H3;1-2H2,(H,5,6)(H,7,8). The maximum Gasteiger partial charge on any atom is 0.303 e. The summed E-state index contributed by atoms with van der Waals surface area (Å²) < 4.78 is 0. The Hall–Kier alpha value is -1.36. The summed E-state index contributed by atoms with van der Waals surface area (Å²) in [4.78, 5) is 19.3. The number of hydrogen-bond acceptors (Lipinski definition) is 3. The van der Waals surface area contributed by atoms with Crippen LogP contribution in [0.2, 0.25) is 0 Å². The molecule has 0 bridgehead atoms. The van der Waals surface area contributed by atoms with Crippen LogP contribution in [0.15, 0.2) is 12.2 Å². The minimum atomic E-state index is -1.08. The van der Waals surface area contributed by atoms with E-state index in [1.807, 2.05) is 0 Å². The van der Waals surface area contributed by atoms with Crippen molar-refractivity contribution >= 4 is 11.9 Å². The lowest BCUT2D eigenvalue weighted by Crippen LogP contribution is -2.00. The smallest absolute Gasteiger partial charge is 0.303 e. The van der Waals surface area contributed by atoms with Crippen molar-refractivity contribution in [2.45, 2.75) is 110 Å². The molecule has 0 rings (SSSR count). The van der Waals surface area contributed by atoms with Crippen LogP contribution in [0, 0.1) is 0 Å². The summed E-state index contributed by atoms with van der Waals surface area (Å²) in [6.45, 7) is 3.14. The zero-order valence-corrected chi connectivity index (χ0v) is 17.5. The molecule has 0 aromatic heterocycles. The van der Waals surface area contributed by atoms with Crippen LogP contribution >= 0.6 is 0 Å². The highest BCUT2D eigenvalue weighted by molar-refractivity contribution is 5.75. The summed E-state index contributed by atoms with van der Waals surface area (Å²) in [5.74, 6) is -2.15. The van der Waals surface area contributed by atoms with Crippen LogP contribution in [-0.4, -0.2) is 28.7 Å². The van der Waals surface area contributed by atoms with Gasteiger partial charge in [-0.25, -0.2) is 0 Å². The van der Waals surface area contributed by atoms with Crippen LogP contribution < -0.4 is 5.73 Å². The van der Waals surface area contributed by atoms with Crippen LogP contribution in [0.25, 0.3) is 0 Å². The normalized spacial score (nSPS) is 10.6. The molecule has 160 valence electrons. The van der Waals surface area contributed by atoms with E-state index in [4.69, 9.17) is 15.9 Å². The predicted molar refractivity (Wildman–Crippen MR) is 113 cm³/mol. The second-order valence-corrected chi connectivity index (χ2v) is 7.01. The zero-order chi connectivity index (χ0) is 20.6. The Kier molecular flexibility index (Phi) is 25.4. The lowest BCUT2D eigenvalue weighted by atomic mass is 10.1. The number of aliphatic carboxylic acids is 2. The van der Waals surface area contributed by atoms with Gasteiger partial charge in [-0.15, -0.1) is 0 Å². The van der Waals surface area contributed by atoms with E-state index in [0.717, 1.165) is 6.54 Å². The van der Waals surface area contributed by atoms with Crippen LogP contribution in [0.1, 0.15) is 110 Å². The van der Waals surface area contributed by atoms with Crippen molar-refractivity contribution in [3.8, 4) is 0 Å². The van der Waals surface area contributed by atoms with E-state index in [1.54, 1.807) is 0 Å². The zero-order valence-electron chi connectivity index (χ0n) is 17.5. The number of hydrogen-bond donors (Lipinski definition) is 3. The van der Waals surface area contributed by atoms with Gasteiger partial charge in [0, 0.05) is 0 Å². The molecule has 0 aromatic carbocycles. The summed E-state index contributed by atoms with van der Waals surface area (Å²) in [5.41, 5.74) is 5.47. The monoisotopic (exact) mass is 385 g/mol. The summed E-state index contributed by atoms with van der Waals surface area (Å²) in [6.07, 6.45) is 23.3. The van der Waals surface area contributed by atoms with E-state index in [-0.39, 0.29) is 12.8 Å². The molecule has 0 heterocycles. The lowest BCUT2D eigenvalue weighted by molar-refractivity contribution is -0.143. The Morgan fingerprint density at radius 3 is 1.41 bits per heavy atom. The Labute approximate surface area is 166 Å². The Morgan fingerprint density at radius 2 is 1.04 bits per heavy atom. The summed E-state index contributed by atoms with van der Waals surface area (Å²) in [7, 11) is 0. The molecule has 0 atom stereocenters. The van der Waals surface area contributed by atoms with E-state index in [0.29, 0.717) is 0 Å². The molecule has 0 aliphatic heterocycles. The average molecular weight is 386 g/mol. The average Bonchev–Trinajstić information content (AvgIpc) is 2.64. The molecule has 27 heavy (non-hydrogen) atoms. The van der Waals surface area contributed by atoms with Gasteiger partial charge in [0.1, 0.15) is 0 Å². The number of rotatable bonds is 18. The molecule has 0 unspecified atom stereocenters. The largest absolute Gasteiger partial charge is 0.481 e. The molecule has 0 aromatic rings. The van der Waals surface area contributed by atoms with Crippen molar-refractivity contribution in [2.24, 2.45) is 5.73 Å². The number of allylic oxidation sites excluding steroid dienone is 2. The summed E-state index contributed by atoms with van der Waals surface area (Å²) in [6, 6.07) is 0. The van der Waals surface area contributed by atoms with Gasteiger partial charge in [0.25, 0.3) is 0 Å². The topological polar surface area (TPSA) is 101 Å². The van der Waals surface area contributed by atoms with Crippen molar-refractivity contribution in [1.29, 1.82) is 0 Å². The molecule has 0 aliphatic rings. The molecule has 0 spiro atoms. The molecule has 0 saturated heterocycles. The van der Waals surface area contributed by atoms with Gasteiger partial charge in [-0.1, -0.05) is 76.9 Å². The molecule has 0 fully saturated rings. The van der Waals surface area contributed by atoms with E-state index in [9.17, 15) is 9.59 Å². The van der Waals surface area contributed by atoms with Crippen LogP contribution in [0.3, 0.4) is 0 Å². The van der Waals surface area contributed by atoms with Crippen molar-refractivity contribution in [2.75, 3.05) is 6.54 Å². The Morgan fingerprint density at radius 1 is 0.667 bits per heavy atom. The summed E-state index contributed by atoms with van der Waals surface area (Å²) in [5, 5.41) is 15.8. The van der Waals surface area contributed by atoms with Crippen molar-refractivity contribution in [3.05, 3.63) is 12.2 Å². The van der Waals surface area contributed by atoms with Crippen molar-refractivity contribution in [3.63, 3.8) is 0 Å². The van der Waals surface area contributed by atoms with Crippen LogP contribution in [0.5, 0.6) is 0 Å². The van der Waals surface area contributed by atoms with Gasteiger partial charge in [-0.05, 0) is 38.6 Å². The van der Waals surface area contributed by atoms with Gasteiger partial charge in [-0.3, -0.25) is 9.59 Å². The second kappa shape index (κ2) is 24.6. The maximum absolute atomic E-state index is 9.64. The van der Waals surface area contributed by atoms with Crippen molar-refractivity contribution < 1.29 is 19.8 Å². The fourth-order valence-corrected chi connectivity index (χ4v) is 2.61. The van der Waals surface area contributed by atoms with E-state index >= 15 is 0 Å². The maximum atomic E-state index is 9.64. The molecule has 0 saturated carbocycles. The summed E-state index contributed by atoms with van der Waals surface area (Å²) >= 11 is 0. The van der Waals surface area contributed by atoms with Gasteiger partial charge >= 0.3 is 11.9 Å². The number of carboxylic acid groups (broad SMARTS) is 2.